The Hall–Kier alpha value is -3.65. The second kappa shape index (κ2) is 11.7. The van der Waals surface area contributed by atoms with Gasteiger partial charge in [0.1, 0.15) is 0 Å². The van der Waals surface area contributed by atoms with Crippen molar-refractivity contribution in [2.45, 2.75) is 38.0 Å². The first kappa shape index (κ1) is 26.0. The van der Waals surface area contributed by atoms with Crippen LogP contribution in [0.25, 0.3) is 0 Å². The van der Waals surface area contributed by atoms with Crippen LogP contribution in [0.1, 0.15) is 41.3 Å². The highest BCUT2D eigenvalue weighted by Gasteiger charge is 2.21. The van der Waals surface area contributed by atoms with Gasteiger partial charge < -0.3 is 10.1 Å². The second-order valence-electron chi connectivity index (χ2n) is 8.24. The van der Waals surface area contributed by atoms with Gasteiger partial charge in [-0.2, -0.15) is 0 Å². The second-order valence-corrected chi connectivity index (χ2v) is 10.2. The number of ether oxygens (including phenoxy) is 1. The van der Waals surface area contributed by atoms with Gasteiger partial charge in [0.2, 0.25) is 5.91 Å². The summed E-state index contributed by atoms with van der Waals surface area (Å²) in [6.07, 6.45) is 1.89. The van der Waals surface area contributed by atoms with Crippen molar-refractivity contribution in [3.8, 4) is 0 Å². The third-order valence-corrected chi connectivity index (χ3v) is 7.28. The number of sulfonamides is 1. The molecule has 3 aromatic rings. The van der Waals surface area contributed by atoms with Crippen LogP contribution >= 0.6 is 0 Å². The molecule has 7 nitrogen and oxygen atoms in total. The summed E-state index contributed by atoms with van der Waals surface area (Å²) >= 11 is 0. The Kier molecular flexibility index (Phi) is 8.65. The minimum Gasteiger partial charge on any atom is -0.462 e. The maximum absolute atomic E-state index is 12.9. The number of anilines is 2. The number of nitrogens with one attached hydrogen (secondary N) is 1. The molecule has 0 saturated carbocycles. The topological polar surface area (TPSA) is 92.8 Å². The molecule has 0 atom stereocenters. The fourth-order valence-electron chi connectivity index (χ4n) is 3.30. The first-order chi connectivity index (χ1) is 16.7. The Morgan fingerprint density at radius 1 is 0.914 bits per heavy atom. The average Bonchev–Trinajstić information content (AvgIpc) is 2.85. The van der Waals surface area contributed by atoms with Crippen LogP contribution in [0.15, 0.2) is 77.7 Å². The molecule has 1 amide bonds. The standard InChI is InChI=1S/C27H30N2O5S/c1-4-5-18-34-27(31)22-10-12-23(13-11-22)28-26(30)19-21-8-14-24(15-9-21)29(3)35(32,33)25-16-6-20(2)7-17-25/h6-17H,4-5,18-19H2,1-3H3,(H,28,30). The number of carbonyl (C=O) groups is 2. The van der Waals surface area contributed by atoms with Crippen LogP contribution in [0.5, 0.6) is 0 Å². The molecular weight excluding hydrogens is 464 g/mol. The maximum atomic E-state index is 12.9. The van der Waals surface area contributed by atoms with Crippen molar-refractivity contribution in [3.05, 3.63) is 89.5 Å². The molecule has 0 fully saturated rings. The van der Waals surface area contributed by atoms with Gasteiger partial charge in [0.05, 0.1) is 29.2 Å². The molecule has 0 aliphatic heterocycles. The summed E-state index contributed by atoms with van der Waals surface area (Å²) in [6, 6.07) is 20.0. The molecule has 0 saturated heterocycles. The van der Waals surface area contributed by atoms with Crippen molar-refractivity contribution in [1.82, 2.24) is 0 Å². The molecule has 184 valence electrons. The van der Waals surface area contributed by atoms with Crippen LogP contribution in [0, 0.1) is 6.92 Å². The first-order valence-corrected chi connectivity index (χ1v) is 12.9. The van der Waals surface area contributed by atoms with Crippen molar-refractivity contribution in [3.63, 3.8) is 0 Å². The van der Waals surface area contributed by atoms with Gasteiger partial charge in [-0.25, -0.2) is 13.2 Å². The first-order valence-electron chi connectivity index (χ1n) is 11.4. The van der Waals surface area contributed by atoms with Crippen LogP contribution in [0.2, 0.25) is 0 Å². The molecule has 35 heavy (non-hydrogen) atoms. The van der Waals surface area contributed by atoms with Crippen LogP contribution < -0.4 is 9.62 Å². The fourth-order valence-corrected chi connectivity index (χ4v) is 4.50. The number of rotatable bonds is 10. The van der Waals surface area contributed by atoms with Crippen LogP contribution in [-0.4, -0.2) is 33.9 Å². The molecule has 0 aromatic heterocycles. The van der Waals surface area contributed by atoms with E-state index >= 15 is 0 Å². The van der Waals surface area contributed by atoms with E-state index in [-0.39, 0.29) is 23.2 Å². The Labute approximate surface area is 206 Å². The maximum Gasteiger partial charge on any atom is 0.338 e. The molecular formula is C27H30N2O5S. The van der Waals surface area contributed by atoms with Crippen molar-refractivity contribution in [2.24, 2.45) is 0 Å². The monoisotopic (exact) mass is 494 g/mol. The molecule has 1 N–H and O–H groups in total. The largest absolute Gasteiger partial charge is 0.462 e. The van der Waals surface area contributed by atoms with E-state index in [0.29, 0.717) is 23.5 Å². The summed E-state index contributed by atoms with van der Waals surface area (Å²) in [4.78, 5) is 24.6. The molecule has 3 rings (SSSR count). The summed E-state index contributed by atoms with van der Waals surface area (Å²) in [5, 5.41) is 2.80. The van der Waals surface area contributed by atoms with E-state index in [9.17, 15) is 18.0 Å². The number of amides is 1. The number of aryl methyl sites for hydroxylation is 1. The number of hydrogen-bond acceptors (Lipinski definition) is 5. The van der Waals surface area contributed by atoms with Gasteiger partial charge >= 0.3 is 5.97 Å². The van der Waals surface area contributed by atoms with E-state index in [0.717, 1.165) is 24.0 Å². The lowest BCUT2D eigenvalue weighted by molar-refractivity contribution is -0.115. The number of unbranched alkanes of at least 4 members (excludes halogenated alkanes) is 1. The number of esters is 1. The normalized spacial score (nSPS) is 11.1. The minimum absolute atomic E-state index is 0.121. The molecule has 0 aliphatic carbocycles. The third kappa shape index (κ3) is 6.93. The molecule has 0 aliphatic rings. The smallest absolute Gasteiger partial charge is 0.338 e. The Balaban J connectivity index is 1.58. The zero-order chi connectivity index (χ0) is 25.4. The van der Waals surface area contributed by atoms with Gasteiger partial charge in [0.15, 0.2) is 0 Å². The van der Waals surface area contributed by atoms with Crippen molar-refractivity contribution in [2.75, 3.05) is 23.3 Å². The third-order valence-electron chi connectivity index (χ3n) is 5.48. The fraction of sp³-hybridized carbons (Fsp3) is 0.259. The number of nitrogens with zero attached hydrogens (tertiary/aromatic N) is 1. The molecule has 0 spiro atoms. The van der Waals surface area contributed by atoms with Crippen molar-refractivity contribution in [1.29, 1.82) is 0 Å². The highest BCUT2D eigenvalue weighted by atomic mass is 32.2. The van der Waals surface area contributed by atoms with E-state index in [2.05, 4.69) is 5.32 Å². The van der Waals surface area contributed by atoms with E-state index in [4.69, 9.17) is 4.74 Å². The highest BCUT2D eigenvalue weighted by molar-refractivity contribution is 7.92. The van der Waals surface area contributed by atoms with Crippen molar-refractivity contribution >= 4 is 33.3 Å². The lowest BCUT2D eigenvalue weighted by Gasteiger charge is -2.20. The highest BCUT2D eigenvalue weighted by Crippen LogP contribution is 2.23. The van der Waals surface area contributed by atoms with E-state index < -0.39 is 10.0 Å². The number of benzene rings is 3. The van der Waals surface area contributed by atoms with Gasteiger partial charge in [-0.15, -0.1) is 0 Å². The Bertz CT molecular complexity index is 1250. The van der Waals surface area contributed by atoms with E-state index in [1.807, 2.05) is 13.8 Å². The predicted octanol–water partition coefficient (Wildman–Crippen LogP) is 4.96. The zero-order valence-corrected chi connectivity index (χ0v) is 21.0. The summed E-state index contributed by atoms with van der Waals surface area (Å²) in [7, 11) is -2.18. The lowest BCUT2D eigenvalue weighted by atomic mass is 10.1. The van der Waals surface area contributed by atoms with Gasteiger partial charge in [-0.1, -0.05) is 43.2 Å². The van der Waals surface area contributed by atoms with Gasteiger partial charge in [-0.3, -0.25) is 9.10 Å². The predicted molar refractivity (Wildman–Crippen MR) is 137 cm³/mol. The van der Waals surface area contributed by atoms with Gasteiger partial charge in [0, 0.05) is 12.7 Å². The summed E-state index contributed by atoms with van der Waals surface area (Å²) in [6.45, 7) is 4.31. The molecule has 0 heterocycles. The molecule has 0 bridgehead atoms. The summed E-state index contributed by atoms with van der Waals surface area (Å²) in [5.74, 6) is -0.609. The zero-order valence-electron chi connectivity index (χ0n) is 20.2. The lowest BCUT2D eigenvalue weighted by Crippen LogP contribution is -2.26. The summed E-state index contributed by atoms with van der Waals surface area (Å²) in [5.41, 5.74) is 3.22. The quantitative estimate of drug-likeness (QED) is 0.318. The average molecular weight is 495 g/mol. The van der Waals surface area contributed by atoms with Crippen molar-refractivity contribution < 1.29 is 22.7 Å². The summed E-state index contributed by atoms with van der Waals surface area (Å²) < 4.78 is 32.1. The molecule has 8 heteroatoms. The minimum atomic E-state index is -3.68. The number of carbonyl (C=O) groups excluding carboxylic acids is 2. The molecule has 3 aromatic carbocycles. The van der Waals surface area contributed by atoms with Crippen LogP contribution in [0.4, 0.5) is 11.4 Å². The van der Waals surface area contributed by atoms with E-state index in [1.165, 1.54) is 11.4 Å². The Morgan fingerprint density at radius 3 is 2.14 bits per heavy atom. The van der Waals surface area contributed by atoms with E-state index in [1.54, 1.807) is 72.8 Å². The number of hydrogen-bond donors (Lipinski definition) is 1. The Morgan fingerprint density at radius 2 is 1.54 bits per heavy atom. The van der Waals surface area contributed by atoms with Crippen LogP contribution in [0.3, 0.4) is 0 Å². The van der Waals surface area contributed by atoms with Gasteiger partial charge in [0.25, 0.3) is 10.0 Å². The SMILES string of the molecule is CCCCOC(=O)c1ccc(NC(=O)Cc2ccc(N(C)S(=O)(=O)c3ccc(C)cc3)cc2)cc1. The van der Waals surface area contributed by atoms with Crippen LogP contribution in [-0.2, 0) is 26.0 Å². The molecule has 0 unspecified atom stereocenters. The van der Waals surface area contributed by atoms with Gasteiger partial charge in [-0.05, 0) is 67.4 Å². The molecule has 0 radical (unpaired) electrons.